The molecule has 0 radical (unpaired) electrons. The zero-order chi connectivity index (χ0) is 12.5. The van der Waals surface area contributed by atoms with Crippen LogP contribution in [-0.4, -0.2) is 38.8 Å². The van der Waals surface area contributed by atoms with Crippen LogP contribution >= 0.6 is 0 Å². The first-order valence-corrected chi connectivity index (χ1v) is 5.05. The summed E-state index contributed by atoms with van der Waals surface area (Å²) >= 11 is 0. The Hall–Kier alpha value is -1.76. The highest BCUT2D eigenvalue weighted by Gasteiger charge is 2.27. The van der Waals surface area contributed by atoms with Crippen LogP contribution in [0.1, 0.15) is 5.56 Å². The van der Waals surface area contributed by atoms with Gasteiger partial charge in [0.25, 0.3) is 5.92 Å². The molecule has 0 atom stereocenters. The Morgan fingerprint density at radius 1 is 1.47 bits per heavy atom. The van der Waals surface area contributed by atoms with Gasteiger partial charge >= 0.3 is 0 Å². The quantitative estimate of drug-likeness (QED) is 0.842. The van der Waals surface area contributed by atoms with Gasteiger partial charge in [-0.05, 0) is 24.6 Å². The van der Waals surface area contributed by atoms with Gasteiger partial charge in [-0.25, -0.2) is 13.8 Å². The van der Waals surface area contributed by atoms with E-state index in [1.165, 1.54) is 10.8 Å². The number of hydrogen-bond acceptors (Lipinski definition) is 4. The molecule has 5 nitrogen and oxygen atoms in total. The van der Waals surface area contributed by atoms with E-state index < -0.39 is 19.1 Å². The van der Waals surface area contributed by atoms with Crippen LogP contribution in [0.25, 0.3) is 5.65 Å². The fourth-order valence-corrected chi connectivity index (χ4v) is 1.46. The lowest BCUT2D eigenvalue weighted by molar-refractivity contribution is -0.0373. The van der Waals surface area contributed by atoms with Crippen molar-refractivity contribution in [2.75, 3.05) is 18.5 Å². The Morgan fingerprint density at radius 3 is 2.94 bits per heavy atom. The summed E-state index contributed by atoms with van der Waals surface area (Å²) in [5.74, 6) is -2.73. The zero-order valence-electron chi connectivity index (χ0n) is 9.19. The second kappa shape index (κ2) is 4.25. The number of aryl methyl sites for hydroxylation is 1. The Balaban J connectivity index is 2.26. The van der Waals surface area contributed by atoms with Crippen LogP contribution in [0, 0.1) is 6.92 Å². The molecule has 0 saturated carbocycles. The van der Waals surface area contributed by atoms with Crippen LogP contribution in [0.15, 0.2) is 18.5 Å². The maximum Gasteiger partial charge on any atom is 0.287 e. The third-order valence-corrected chi connectivity index (χ3v) is 2.28. The molecule has 2 rings (SSSR count). The second-order valence-corrected chi connectivity index (χ2v) is 3.82. The smallest absolute Gasteiger partial charge is 0.287 e. The normalized spacial score (nSPS) is 12.0. The highest BCUT2D eigenvalue weighted by Crippen LogP contribution is 2.17. The lowest BCUT2D eigenvalue weighted by atomic mass is 10.3. The molecular weight excluding hydrogens is 230 g/mol. The van der Waals surface area contributed by atoms with E-state index in [-0.39, 0.29) is 0 Å². The van der Waals surface area contributed by atoms with E-state index in [1.54, 1.807) is 12.1 Å². The topological polar surface area (TPSA) is 62.5 Å². The molecule has 17 heavy (non-hydrogen) atoms. The number of pyridine rings is 1. The number of nitrogens with zero attached hydrogens (tertiary/aromatic N) is 3. The summed E-state index contributed by atoms with van der Waals surface area (Å²) in [6.07, 6.45) is 1.35. The summed E-state index contributed by atoms with van der Waals surface area (Å²) in [5, 5.41) is 15.0. The van der Waals surface area contributed by atoms with Gasteiger partial charge in [0, 0.05) is 0 Å². The van der Waals surface area contributed by atoms with Gasteiger partial charge < -0.3 is 10.4 Å². The molecule has 0 aliphatic carbocycles. The fraction of sp³-hybridized carbons (Fsp3) is 0.400. The van der Waals surface area contributed by atoms with E-state index in [0.717, 1.165) is 5.56 Å². The molecule has 0 unspecified atom stereocenters. The highest BCUT2D eigenvalue weighted by molar-refractivity contribution is 5.51. The Labute approximate surface area is 96.1 Å². The lowest BCUT2D eigenvalue weighted by Gasteiger charge is -2.15. The van der Waals surface area contributed by atoms with Gasteiger partial charge in [-0.3, -0.25) is 0 Å². The second-order valence-electron chi connectivity index (χ2n) is 3.82. The summed E-state index contributed by atoms with van der Waals surface area (Å²) in [5.41, 5.74) is 1.47. The fourth-order valence-electron chi connectivity index (χ4n) is 1.46. The Bertz CT molecular complexity index is 526. The largest absolute Gasteiger partial charge is 0.390 e. The molecule has 0 saturated heterocycles. The third-order valence-electron chi connectivity index (χ3n) is 2.28. The molecule has 7 heteroatoms. The van der Waals surface area contributed by atoms with E-state index in [1.807, 2.05) is 6.92 Å². The van der Waals surface area contributed by atoms with Crippen molar-refractivity contribution in [3.8, 4) is 0 Å². The van der Waals surface area contributed by atoms with E-state index >= 15 is 0 Å². The number of aliphatic hydroxyl groups is 1. The molecular formula is C10H12F2N4O. The maximum atomic E-state index is 12.9. The Morgan fingerprint density at radius 2 is 2.24 bits per heavy atom. The molecule has 2 heterocycles. The van der Waals surface area contributed by atoms with Crippen LogP contribution in [0.4, 0.5) is 14.6 Å². The standard InChI is InChI=1S/C10H12F2N4O/c1-7-2-8(13-4-10(11,12)5-17)16-9(3-7)14-6-15-16/h2-3,6,13,17H,4-5H2,1H3. The van der Waals surface area contributed by atoms with E-state index in [0.29, 0.717) is 11.5 Å². The van der Waals surface area contributed by atoms with Crippen LogP contribution < -0.4 is 5.32 Å². The van der Waals surface area contributed by atoms with Crippen molar-refractivity contribution in [2.24, 2.45) is 0 Å². The van der Waals surface area contributed by atoms with Gasteiger partial charge in [-0.15, -0.1) is 0 Å². The first-order chi connectivity index (χ1) is 8.02. The average molecular weight is 242 g/mol. The zero-order valence-corrected chi connectivity index (χ0v) is 9.19. The van der Waals surface area contributed by atoms with Crippen molar-refractivity contribution in [1.29, 1.82) is 0 Å². The number of fused-ring (bicyclic) bond motifs is 1. The molecule has 0 aromatic carbocycles. The van der Waals surface area contributed by atoms with Gasteiger partial charge in [-0.2, -0.15) is 9.61 Å². The minimum atomic E-state index is -3.16. The molecule has 92 valence electrons. The lowest BCUT2D eigenvalue weighted by Crippen LogP contribution is -2.31. The van der Waals surface area contributed by atoms with Gasteiger partial charge in [0.15, 0.2) is 5.65 Å². The van der Waals surface area contributed by atoms with Gasteiger partial charge in [-0.1, -0.05) is 0 Å². The number of nitrogens with one attached hydrogen (secondary N) is 1. The molecule has 2 aromatic rings. The monoisotopic (exact) mass is 242 g/mol. The van der Waals surface area contributed by atoms with Crippen molar-refractivity contribution in [3.63, 3.8) is 0 Å². The van der Waals surface area contributed by atoms with Crippen LogP contribution in [-0.2, 0) is 0 Å². The first-order valence-electron chi connectivity index (χ1n) is 5.05. The minimum Gasteiger partial charge on any atom is -0.390 e. The molecule has 2 N–H and O–H groups in total. The highest BCUT2D eigenvalue weighted by atomic mass is 19.3. The number of anilines is 1. The summed E-state index contributed by atoms with van der Waals surface area (Å²) in [4.78, 5) is 3.98. The van der Waals surface area contributed by atoms with Crippen molar-refractivity contribution in [1.82, 2.24) is 14.6 Å². The number of rotatable bonds is 4. The molecule has 0 amide bonds. The molecule has 0 fully saturated rings. The summed E-state index contributed by atoms with van der Waals surface area (Å²) in [7, 11) is 0. The van der Waals surface area contributed by atoms with Crippen LogP contribution in [0.2, 0.25) is 0 Å². The summed E-state index contributed by atoms with van der Waals surface area (Å²) in [6.45, 7) is -0.00171. The van der Waals surface area contributed by atoms with E-state index in [4.69, 9.17) is 5.11 Å². The van der Waals surface area contributed by atoms with Crippen molar-refractivity contribution >= 4 is 11.5 Å². The Kier molecular flexibility index (Phi) is 2.93. The van der Waals surface area contributed by atoms with E-state index in [9.17, 15) is 8.78 Å². The van der Waals surface area contributed by atoms with Crippen molar-refractivity contribution < 1.29 is 13.9 Å². The van der Waals surface area contributed by atoms with Crippen LogP contribution in [0.3, 0.4) is 0 Å². The van der Waals surface area contributed by atoms with Gasteiger partial charge in [0.2, 0.25) is 0 Å². The predicted octanol–water partition coefficient (Wildman–Crippen LogP) is 1.08. The number of aromatic nitrogens is 3. The average Bonchev–Trinajstić information content (AvgIpc) is 2.73. The molecule has 0 spiro atoms. The maximum absolute atomic E-state index is 12.9. The molecule has 2 aromatic heterocycles. The summed E-state index contributed by atoms with van der Waals surface area (Å²) in [6, 6.07) is 3.48. The minimum absolute atomic E-state index is 0.422. The number of halogens is 2. The van der Waals surface area contributed by atoms with Crippen LogP contribution in [0.5, 0.6) is 0 Å². The SMILES string of the molecule is Cc1cc(NCC(F)(F)CO)n2ncnc2c1. The van der Waals surface area contributed by atoms with Gasteiger partial charge in [0.1, 0.15) is 18.8 Å². The number of aliphatic hydroxyl groups excluding tert-OH is 1. The summed E-state index contributed by atoms with van der Waals surface area (Å²) < 4.78 is 27.2. The number of alkyl halides is 2. The molecule has 0 aliphatic rings. The van der Waals surface area contributed by atoms with E-state index in [2.05, 4.69) is 15.4 Å². The van der Waals surface area contributed by atoms with Crippen molar-refractivity contribution in [2.45, 2.75) is 12.8 Å². The first kappa shape index (κ1) is 11.7. The molecule has 0 aliphatic heterocycles. The third kappa shape index (κ3) is 2.50. The van der Waals surface area contributed by atoms with Gasteiger partial charge in [0.05, 0.1) is 6.54 Å². The predicted molar refractivity (Wildman–Crippen MR) is 58.2 cm³/mol. The molecule has 0 bridgehead atoms. The number of hydrogen-bond donors (Lipinski definition) is 2. The van der Waals surface area contributed by atoms with Crippen molar-refractivity contribution in [3.05, 3.63) is 24.0 Å².